The Morgan fingerprint density at radius 2 is 1.63 bits per heavy atom. The van der Waals surface area contributed by atoms with Crippen molar-refractivity contribution in [1.82, 2.24) is 4.90 Å². The average Bonchev–Trinajstić information content (AvgIpc) is 3.26. The first-order valence-electron chi connectivity index (χ1n) is 23.3. The number of Topliss-reactive ketones (excluding diaryl/α,β-unsaturated/α-hetero) is 3. The second-order valence-electron chi connectivity index (χ2n) is 18.9. The van der Waals surface area contributed by atoms with Gasteiger partial charge >= 0.3 is 5.97 Å². The van der Waals surface area contributed by atoms with E-state index in [0.29, 0.717) is 70.6 Å². The normalized spacial score (nSPS) is 38.2. The molecule has 0 aromatic heterocycles. The van der Waals surface area contributed by atoms with Crippen molar-refractivity contribution in [3.8, 4) is 0 Å². The zero-order valence-electron chi connectivity index (χ0n) is 39.1. The van der Waals surface area contributed by atoms with Crippen molar-refractivity contribution in [2.24, 2.45) is 29.6 Å². The van der Waals surface area contributed by atoms with Crippen molar-refractivity contribution in [3.05, 3.63) is 47.6 Å². The number of ketones is 3. The molecule has 1 aliphatic carbocycles. The molecule has 1 N–H and O–H groups in total. The van der Waals surface area contributed by atoms with Gasteiger partial charge in [-0.05, 0) is 109 Å². The van der Waals surface area contributed by atoms with E-state index < -0.39 is 53.7 Å². The monoisotopic (exact) mass is 868 g/mol. The van der Waals surface area contributed by atoms with Crippen molar-refractivity contribution in [2.45, 2.75) is 180 Å². The SMILES string of the molecule is COC1C/C(C)=C/CC(=O)CC(C(C)CC2CCC(O)[C@H](OC)C2)OC(=O)C2CCCCN2C(=O)C(=O)C2(OC)OC(CC/C(C)=C/C=C/C=C/C(C)C[C@@H](C)C1=O)CCC2C. The number of esters is 1. The summed E-state index contributed by atoms with van der Waals surface area (Å²) in [5.41, 5.74) is 1.98. The van der Waals surface area contributed by atoms with E-state index in [0.717, 1.165) is 24.0 Å². The predicted molar refractivity (Wildman–Crippen MR) is 238 cm³/mol. The molecule has 4 aliphatic rings. The Kier molecular flexibility index (Phi) is 20.4. The van der Waals surface area contributed by atoms with Crippen LogP contribution in [0.5, 0.6) is 0 Å². The number of aliphatic hydroxyl groups is 1. The van der Waals surface area contributed by atoms with Crippen molar-refractivity contribution in [1.29, 1.82) is 0 Å². The third kappa shape index (κ3) is 14.1. The fourth-order valence-corrected chi connectivity index (χ4v) is 9.85. The van der Waals surface area contributed by atoms with Crippen LogP contribution in [0.2, 0.25) is 0 Å². The lowest BCUT2D eigenvalue weighted by Gasteiger charge is -2.44. The maximum absolute atomic E-state index is 14.4. The fraction of sp³-hybridized carbons (Fsp3) is 0.740. The second kappa shape index (κ2) is 24.7. The highest BCUT2D eigenvalue weighted by molar-refractivity contribution is 6.39. The third-order valence-electron chi connectivity index (χ3n) is 13.9. The first-order chi connectivity index (χ1) is 29.5. The number of carbonyl (C=O) groups excluding carboxylic acids is 5. The first kappa shape index (κ1) is 51.3. The number of hydrogen-bond donors (Lipinski definition) is 1. The average molecular weight is 868 g/mol. The van der Waals surface area contributed by atoms with E-state index in [-0.39, 0.29) is 66.8 Å². The number of methoxy groups -OCH3 is 3. The molecule has 2 saturated heterocycles. The topological polar surface area (TPSA) is 155 Å². The quantitative estimate of drug-likeness (QED) is 0.157. The molecule has 3 heterocycles. The van der Waals surface area contributed by atoms with Gasteiger partial charge in [-0.25, -0.2) is 4.79 Å². The number of piperidine rings is 1. The molecule has 4 rings (SSSR count). The number of hydrogen-bond acceptors (Lipinski definition) is 11. The van der Waals surface area contributed by atoms with Crippen molar-refractivity contribution in [3.63, 3.8) is 0 Å². The van der Waals surface area contributed by atoms with Gasteiger partial charge in [-0.15, -0.1) is 0 Å². The van der Waals surface area contributed by atoms with Crippen molar-refractivity contribution >= 4 is 29.2 Å². The Labute approximate surface area is 371 Å². The lowest BCUT2D eigenvalue weighted by Crippen LogP contribution is -2.61. The van der Waals surface area contributed by atoms with Gasteiger partial charge in [-0.3, -0.25) is 19.2 Å². The van der Waals surface area contributed by atoms with Crippen LogP contribution in [0.3, 0.4) is 0 Å². The molecule has 3 aliphatic heterocycles. The standard InChI is InChI=1S/C50H77NO11/c1-32-15-11-10-12-16-33(2)27-36(5)46(54)45(59-8)28-34(3)18-22-39(52)31-43(35(4)29-38-21-25-42(53)44(30-38)58-7)61-49(57)41-17-13-14-26-51(41)48(56)47(55)50(60-9)37(6)20-24-40(62-50)23-19-32/h10-12,15-16,18,33,35-38,40-45,53H,13-14,17,19-31H2,1-9H3/b11-10+,16-12+,32-15+,34-18+/t33?,35?,36-,37?,38?,40?,41?,42?,43?,44-,45?,50?/m1/s1. The molecule has 12 atom stereocenters. The molecule has 1 saturated carbocycles. The van der Waals surface area contributed by atoms with Crippen LogP contribution >= 0.6 is 0 Å². The molecule has 2 bridgehead atoms. The molecule has 1 amide bonds. The number of cyclic esters (lactones) is 1. The van der Waals surface area contributed by atoms with E-state index >= 15 is 0 Å². The zero-order chi connectivity index (χ0) is 45.6. The van der Waals surface area contributed by atoms with Gasteiger partial charge in [-0.2, -0.15) is 0 Å². The molecule has 0 radical (unpaired) electrons. The van der Waals surface area contributed by atoms with Crippen LogP contribution in [-0.2, 0) is 47.7 Å². The Bertz CT molecular complexity index is 1650. The van der Waals surface area contributed by atoms with E-state index in [2.05, 4.69) is 13.0 Å². The smallest absolute Gasteiger partial charge is 0.329 e. The first-order valence-corrected chi connectivity index (χ1v) is 23.3. The molecule has 0 aromatic carbocycles. The Balaban J connectivity index is 1.64. The number of ether oxygens (including phenoxy) is 5. The second-order valence-corrected chi connectivity index (χ2v) is 18.9. The number of fused-ring (bicyclic) bond motifs is 3. The summed E-state index contributed by atoms with van der Waals surface area (Å²) in [6.45, 7) is 12.0. The predicted octanol–water partition coefficient (Wildman–Crippen LogP) is 7.99. The molecule has 12 heteroatoms. The van der Waals surface area contributed by atoms with Crippen LogP contribution in [0.4, 0.5) is 0 Å². The largest absolute Gasteiger partial charge is 0.460 e. The van der Waals surface area contributed by atoms with Crippen LogP contribution < -0.4 is 0 Å². The summed E-state index contributed by atoms with van der Waals surface area (Å²) in [6.07, 6.45) is 17.3. The van der Waals surface area contributed by atoms with Gasteiger partial charge < -0.3 is 33.7 Å². The van der Waals surface area contributed by atoms with Gasteiger partial charge in [0.05, 0.1) is 18.3 Å². The van der Waals surface area contributed by atoms with E-state index in [1.165, 1.54) is 19.1 Å². The van der Waals surface area contributed by atoms with Gasteiger partial charge in [0.15, 0.2) is 5.78 Å². The molecule has 3 fully saturated rings. The lowest BCUT2D eigenvalue weighted by atomic mass is 9.78. The van der Waals surface area contributed by atoms with E-state index in [1.807, 2.05) is 65.0 Å². The summed E-state index contributed by atoms with van der Waals surface area (Å²) in [5.74, 6) is -4.72. The molecule has 348 valence electrons. The molecule has 10 unspecified atom stereocenters. The highest BCUT2D eigenvalue weighted by atomic mass is 16.7. The highest BCUT2D eigenvalue weighted by Crippen LogP contribution is 2.39. The summed E-state index contributed by atoms with van der Waals surface area (Å²) < 4.78 is 29.9. The van der Waals surface area contributed by atoms with Gasteiger partial charge in [-0.1, -0.05) is 75.3 Å². The maximum atomic E-state index is 14.4. The minimum atomic E-state index is -1.79. The number of carbonyl (C=O) groups is 5. The van der Waals surface area contributed by atoms with Crippen molar-refractivity contribution in [2.75, 3.05) is 27.9 Å². The Morgan fingerprint density at radius 3 is 2.34 bits per heavy atom. The molecule has 0 spiro atoms. The summed E-state index contributed by atoms with van der Waals surface area (Å²) in [5, 5.41) is 10.5. The van der Waals surface area contributed by atoms with Gasteiger partial charge in [0.1, 0.15) is 24.0 Å². The molecular weight excluding hydrogens is 791 g/mol. The fourth-order valence-electron chi connectivity index (χ4n) is 9.85. The molecular formula is C50H77NO11. The van der Waals surface area contributed by atoms with Crippen LogP contribution in [0, 0.1) is 29.6 Å². The van der Waals surface area contributed by atoms with E-state index in [1.54, 1.807) is 7.11 Å². The third-order valence-corrected chi connectivity index (χ3v) is 13.9. The van der Waals surface area contributed by atoms with Gasteiger partial charge in [0.25, 0.3) is 11.7 Å². The van der Waals surface area contributed by atoms with E-state index in [9.17, 15) is 29.1 Å². The summed E-state index contributed by atoms with van der Waals surface area (Å²) in [6, 6.07) is -1.01. The van der Waals surface area contributed by atoms with Crippen LogP contribution in [-0.4, -0.2) is 109 Å². The molecule has 12 nitrogen and oxygen atoms in total. The van der Waals surface area contributed by atoms with Crippen LogP contribution in [0.25, 0.3) is 0 Å². The minimum Gasteiger partial charge on any atom is -0.460 e. The van der Waals surface area contributed by atoms with Gasteiger partial charge in [0.2, 0.25) is 5.79 Å². The number of rotatable bonds is 6. The van der Waals surface area contributed by atoms with Crippen molar-refractivity contribution < 1.29 is 52.8 Å². The summed E-state index contributed by atoms with van der Waals surface area (Å²) >= 11 is 0. The Hall–Kier alpha value is -3.29. The van der Waals surface area contributed by atoms with E-state index in [4.69, 9.17) is 23.7 Å². The summed E-state index contributed by atoms with van der Waals surface area (Å²) in [7, 11) is 4.53. The summed E-state index contributed by atoms with van der Waals surface area (Å²) in [4.78, 5) is 71.7. The molecule has 62 heavy (non-hydrogen) atoms. The number of aliphatic hydroxyl groups excluding tert-OH is 1. The highest BCUT2D eigenvalue weighted by Gasteiger charge is 2.54. The number of amides is 1. The Morgan fingerprint density at radius 1 is 0.871 bits per heavy atom. The molecule has 0 aromatic rings. The van der Waals surface area contributed by atoms with Crippen LogP contribution in [0.1, 0.15) is 138 Å². The van der Waals surface area contributed by atoms with Gasteiger partial charge in [0, 0.05) is 59.0 Å². The minimum absolute atomic E-state index is 0.0210. The maximum Gasteiger partial charge on any atom is 0.329 e. The van der Waals surface area contributed by atoms with Crippen LogP contribution in [0.15, 0.2) is 47.6 Å². The number of nitrogens with zero attached hydrogens (tertiary/aromatic N) is 1. The lowest BCUT2D eigenvalue weighted by molar-refractivity contribution is -0.275. The number of allylic oxidation sites excluding steroid dienone is 7. The zero-order valence-corrected chi connectivity index (χ0v) is 39.1.